The summed E-state index contributed by atoms with van der Waals surface area (Å²) in [4.78, 5) is 36.9. The Morgan fingerprint density at radius 3 is 2.75 bits per heavy atom. The van der Waals surface area contributed by atoms with Crippen molar-refractivity contribution in [3.8, 4) is 0 Å². The van der Waals surface area contributed by atoms with Gasteiger partial charge < -0.3 is 9.72 Å². The van der Waals surface area contributed by atoms with Gasteiger partial charge in [0.2, 0.25) is 5.43 Å². The number of aromatic nitrogens is 1. The van der Waals surface area contributed by atoms with Crippen LogP contribution in [0.15, 0.2) is 23.1 Å². The van der Waals surface area contributed by atoms with Gasteiger partial charge in [0.25, 0.3) is 5.69 Å². The van der Waals surface area contributed by atoms with Crippen LogP contribution in [0, 0.1) is 17.0 Å². The molecule has 0 fully saturated rings. The van der Waals surface area contributed by atoms with Crippen LogP contribution in [-0.2, 0) is 4.74 Å². The molecule has 0 atom stereocenters. The Kier molecular flexibility index (Phi) is 3.51. The van der Waals surface area contributed by atoms with E-state index in [1.54, 1.807) is 13.8 Å². The number of carbonyl (C=O) groups is 1. The summed E-state index contributed by atoms with van der Waals surface area (Å²) in [6, 6.07) is 2.68. The number of aryl methyl sites for hydroxylation is 1. The van der Waals surface area contributed by atoms with E-state index in [9.17, 15) is 19.7 Å². The maximum Gasteiger partial charge on any atom is 0.343 e. The van der Waals surface area contributed by atoms with Crippen LogP contribution in [0.4, 0.5) is 5.69 Å². The summed E-state index contributed by atoms with van der Waals surface area (Å²) in [6.45, 7) is 3.35. The van der Waals surface area contributed by atoms with Crippen LogP contribution in [0.1, 0.15) is 22.8 Å². The largest absolute Gasteiger partial charge is 0.462 e. The Morgan fingerprint density at radius 2 is 2.15 bits per heavy atom. The maximum atomic E-state index is 12.2. The lowest BCUT2D eigenvalue weighted by atomic mass is 10.1. The molecule has 0 aliphatic heterocycles. The molecule has 1 N–H and O–H groups in total. The second kappa shape index (κ2) is 5.12. The number of nitro benzene ring substituents is 1. The molecule has 0 bridgehead atoms. The number of ether oxygens (including phenoxy) is 1. The van der Waals surface area contributed by atoms with Crippen LogP contribution in [0.25, 0.3) is 10.9 Å². The quantitative estimate of drug-likeness (QED) is 0.524. The topological polar surface area (TPSA) is 102 Å². The number of benzene rings is 1. The molecule has 2 rings (SSSR count). The van der Waals surface area contributed by atoms with Crippen molar-refractivity contribution in [3.05, 3.63) is 49.8 Å². The molecule has 0 aliphatic carbocycles. The van der Waals surface area contributed by atoms with Crippen LogP contribution >= 0.6 is 0 Å². The van der Waals surface area contributed by atoms with Gasteiger partial charge in [-0.15, -0.1) is 0 Å². The molecule has 1 aromatic heterocycles. The van der Waals surface area contributed by atoms with Crippen molar-refractivity contribution in [1.29, 1.82) is 0 Å². The van der Waals surface area contributed by atoms with E-state index in [1.165, 1.54) is 18.3 Å². The fraction of sp³-hybridized carbons (Fsp3) is 0.231. The first kappa shape index (κ1) is 13.7. The Morgan fingerprint density at radius 1 is 1.45 bits per heavy atom. The van der Waals surface area contributed by atoms with Crippen molar-refractivity contribution in [2.75, 3.05) is 6.61 Å². The summed E-state index contributed by atoms with van der Waals surface area (Å²) in [5.74, 6) is -0.751. The number of H-pyrrole nitrogens is 1. The van der Waals surface area contributed by atoms with Crippen LogP contribution in [0.3, 0.4) is 0 Å². The number of hydrogen-bond acceptors (Lipinski definition) is 5. The van der Waals surface area contributed by atoms with Crippen molar-refractivity contribution >= 4 is 22.6 Å². The van der Waals surface area contributed by atoms with E-state index in [0.29, 0.717) is 11.1 Å². The van der Waals surface area contributed by atoms with Crippen molar-refractivity contribution in [2.24, 2.45) is 0 Å². The fourth-order valence-corrected chi connectivity index (χ4v) is 1.92. The number of nitro groups is 1. The fourth-order valence-electron chi connectivity index (χ4n) is 1.92. The van der Waals surface area contributed by atoms with E-state index < -0.39 is 16.3 Å². The van der Waals surface area contributed by atoms with Crippen LogP contribution < -0.4 is 5.43 Å². The lowest BCUT2D eigenvalue weighted by Crippen LogP contribution is -2.18. The molecule has 2 aromatic rings. The van der Waals surface area contributed by atoms with Crippen molar-refractivity contribution in [2.45, 2.75) is 13.8 Å². The zero-order valence-electron chi connectivity index (χ0n) is 10.9. The van der Waals surface area contributed by atoms with E-state index in [1.807, 2.05) is 0 Å². The third-order valence-corrected chi connectivity index (χ3v) is 2.89. The van der Waals surface area contributed by atoms with Gasteiger partial charge in [-0.1, -0.05) is 0 Å². The van der Waals surface area contributed by atoms with E-state index in [2.05, 4.69) is 4.98 Å². The first-order valence-electron chi connectivity index (χ1n) is 5.93. The van der Waals surface area contributed by atoms with Gasteiger partial charge in [-0.2, -0.15) is 0 Å². The van der Waals surface area contributed by atoms with Gasteiger partial charge in [0.05, 0.1) is 22.4 Å². The van der Waals surface area contributed by atoms with Crippen LogP contribution in [0.5, 0.6) is 0 Å². The molecule has 1 heterocycles. The summed E-state index contributed by atoms with van der Waals surface area (Å²) < 4.78 is 4.77. The highest BCUT2D eigenvalue weighted by atomic mass is 16.6. The Bertz CT molecular complexity index is 763. The summed E-state index contributed by atoms with van der Waals surface area (Å²) in [7, 11) is 0. The molecule has 7 nitrogen and oxygen atoms in total. The zero-order chi connectivity index (χ0) is 14.9. The van der Waals surface area contributed by atoms with E-state index in [-0.39, 0.29) is 23.2 Å². The number of rotatable bonds is 3. The van der Waals surface area contributed by atoms with Crippen LogP contribution in [-0.4, -0.2) is 22.5 Å². The van der Waals surface area contributed by atoms with E-state index in [4.69, 9.17) is 4.74 Å². The Balaban J connectivity index is 2.72. The highest BCUT2D eigenvalue weighted by Crippen LogP contribution is 2.22. The number of pyridine rings is 1. The van der Waals surface area contributed by atoms with Gasteiger partial charge in [0.15, 0.2) is 0 Å². The normalized spacial score (nSPS) is 10.5. The minimum absolute atomic E-state index is 0.0906. The van der Waals surface area contributed by atoms with E-state index >= 15 is 0 Å². The minimum Gasteiger partial charge on any atom is -0.462 e. The number of fused-ring (bicyclic) bond motifs is 1. The number of hydrogen-bond donors (Lipinski definition) is 1. The standard InChI is InChI=1S/C13H12N2O5/c1-3-20-13(17)9-6-14-10-4-7(2)11(15(18)19)5-8(10)12(9)16/h4-6H,3H2,1-2H3,(H,14,16). The average molecular weight is 276 g/mol. The molecule has 0 amide bonds. The van der Waals surface area contributed by atoms with Gasteiger partial charge >= 0.3 is 5.97 Å². The lowest BCUT2D eigenvalue weighted by Gasteiger charge is -2.04. The van der Waals surface area contributed by atoms with E-state index in [0.717, 1.165) is 0 Å². The molecule has 0 radical (unpaired) electrons. The van der Waals surface area contributed by atoms with Gasteiger partial charge in [0.1, 0.15) is 5.56 Å². The molecular formula is C13H12N2O5. The smallest absolute Gasteiger partial charge is 0.343 e. The second-order valence-corrected chi connectivity index (χ2v) is 4.19. The van der Waals surface area contributed by atoms with Crippen molar-refractivity contribution < 1.29 is 14.5 Å². The Hall–Kier alpha value is -2.70. The summed E-state index contributed by atoms with van der Waals surface area (Å²) in [5.41, 5.74) is -0.0463. The lowest BCUT2D eigenvalue weighted by molar-refractivity contribution is -0.385. The molecule has 0 unspecified atom stereocenters. The SMILES string of the molecule is CCOC(=O)c1c[nH]c2cc(C)c([N+](=O)[O-])cc2c1=O. The summed E-state index contributed by atoms with van der Waals surface area (Å²) in [5, 5.41) is 11.0. The molecule has 20 heavy (non-hydrogen) atoms. The molecule has 0 saturated carbocycles. The molecule has 0 aliphatic rings. The molecule has 0 saturated heterocycles. The highest BCUT2D eigenvalue weighted by Gasteiger charge is 2.18. The molecular weight excluding hydrogens is 264 g/mol. The van der Waals surface area contributed by atoms with Gasteiger partial charge in [0, 0.05) is 17.8 Å². The molecule has 104 valence electrons. The maximum absolute atomic E-state index is 12.2. The molecule has 7 heteroatoms. The molecule has 1 aromatic carbocycles. The summed E-state index contributed by atoms with van der Waals surface area (Å²) >= 11 is 0. The average Bonchev–Trinajstić information content (AvgIpc) is 2.38. The minimum atomic E-state index is -0.751. The van der Waals surface area contributed by atoms with Crippen molar-refractivity contribution in [1.82, 2.24) is 4.98 Å². The number of nitrogens with zero attached hydrogens (tertiary/aromatic N) is 1. The number of aromatic amines is 1. The van der Waals surface area contributed by atoms with Gasteiger partial charge in [-0.3, -0.25) is 14.9 Å². The van der Waals surface area contributed by atoms with Crippen molar-refractivity contribution in [3.63, 3.8) is 0 Å². The second-order valence-electron chi connectivity index (χ2n) is 4.19. The number of nitrogens with one attached hydrogen (secondary N) is 1. The van der Waals surface area contributed by atoms with Crippen LogP contribution in [0.2, 0.25) is 0 Å². The Labute approximate surface area is 113 Å². The predicted octanol–water partition coefficient (Wildman–Crippen LogP) is 1.92. The summed E-state index contributed by atoms with van der Waals surface area (Å²) in [6.07, 6.45) is 1.26. The number of carbonyl (C=O) groups excluding carboxylic acids is 1. The third-order valence-electron chi connectivity index (χ3n) is 2.89. The predicted molar refractivity (Wildman–Crippen MR) is 71.9 cm³/mol. The first-order valence-corrected chi connectivity index (χ1v) is 5.93. The number of esters is 1. The molecule has 0 spiro atoms. The highest BCUT2D eigenvalue weighted by molar-refractivity contribution is 5.94. The monoisotopic (exact) mass is 276 g/mol. The van der Waals surface area contributed by atoms with Gasteiger partial charge in [-0.25, -0.2) is 4.79 Å². The third kappa shape index (κ3) is 2.25. The first-order chi connectivity index (χ1) is 9.45. The zero-order valence-corrected chi connectivity index (χ0v) is 10.9. The van der Waals surface area contributed by atoms with Gasteiger partial charge in [-0.05, 0) is 19.9 Å².